The van der Waals surface area contributed by atoms with Gasteiger partial charge in [-0.3, -0.25) is 4.79 Å². The van der Waals surface area contributed by atoms with Gasteiger partial charge in [0.2, 0.25) is 5.91 Å². The molecule has 0 N–H and O–H groups in total. The summed E-state index contributed by atoms with van der Waals surface area (Å²) in [5.74, 6) is 0.167. The minimum absolute atomic E-state index is 0.167. The number of carbonyl (C=O) groups excluding carboxylic acids is 1. The van der Waals surface area contributed by atoms with Gasteiger partial charge in [-0.1, -0.05) is 40.2 Å². The summed E-state index contributed by atoms with van der Waals surface area (Å²) in [6, 6.07) is 17.5. The molecule has 0 saturated heterocycles. The summed E-state index contributed by atoms with van der Waals surface area (Å²) in [5.41, 5.74) is 2.40. The number of hydrogen-bond acceptors (Lipinski definition) is 2. The third-order valence-corrected chi connectivity index (χ3v) is 4.88. The molecule has 0 unspecified atom stereocenters. The van der Waals surface area contributed by atoms with E-state index in [-0.39, 0.29) is 11.3 Å². The van der Waals surface area contributed by atoms with E-state index >= 15 is 0 Å². The van der Waals surface area contributed by atoms with Gasteiger partial charge in [-0.25, -0.2) is 0 Å². The first-order valence-corrected chi connectivity index (χ1v) is 8.35. The van der Waals surface area contributed by atoms with E-state index in [2.05, 4.69) is 22.0 Å². The van der Waals surface area contributed by atoms with Crippen LogP contribution in [0, 0.1) is 11.3 Å². The second kappa shape index (κ2) is 6.17. The lowest BCUT2D eigenvalue weighted by atomic mass is 9.94. The van der Waals surface area contributed by atoms with Crippen molar-refractivity contribution in [3.63, 3.8) is 0 Å². The normalized spacial score (nSPS) is 14.8. The zero-order valence-electron chi connectivity index (χ0n) is 12.9. The average molecular weight is 369 g/mol. The smallest absolute Gasteiger partial charge is 0.233 e. The van der Waals surface area contributed by atoms with Gasteiger partial charge < -0.3 is 4.90 Å². The van der Waals surface area contributed by atoms with E-state index in [1.54, 1.807) is 17.0 Å². The lowest BCUT2D eigenvalue weighted by Gasteiger charge is -2.24. The highest BCUT2D eigenvalue weighted by molar-refractivity contribution is 9.10. The Balaban J connectivity index is 1.75. The van der Waals surface area contributed by atoms with Gasteiger partial charge in [-0.05, 0) is 48.2 Å². The van der Waals surface area contributed by atoms with Crippen LogP contribution in [0.5, 0.6) is 0 Å². The van der Waals surface area contributed by atoms with Crippen LogP contribution in [0.25, 0.3) is 0 Å². The Morgan fingerprint density at radius 2 is 1.96 bits per heavy atom. The third kappa shape index (κ3) is 3.16. The molecule has 0 heterocycles. The van der Waals surface area contributed by atoms with Crippen molar-refractivity contribution in [3.8, 4) is 6.07 Å². The Hall–Kier alpha value is -2.12. The van der Waals surface area contributed by atoms with E-state index in [0.717, 1.165) is 28.4 Å². The SMILES string of the molecule is CN(Cc1ccc(C#N)cc1)C(=O)C1(c2cccc(Br)c2)CC1. The molecular formula is C19H17BrN2O. The maximum atomic E-state index is 12.9. The number of rotatable bonds is 4. The van der Waals surface area contributed by atoms with Crippen molar-refractivity contribution in [2.24, 2.45) is 0 Å². The van der Waals surface area contributed by atoms with Crippen LogP contribution in [0.1, 0.15) is 29.5 Å². The highest BCUT2D eigenvalue weighted by Crippen LogP contribution is 2.50. The molecule has 1 aliphatic rings. The maximum Gasteiger partial charge on any atom is 0.233 e. The van der Waals surface area contributed by atoms with E-state index in [0.29, 0.717) is 12.1 Å². The van der Waals surface area contributed by atoms with Gasteiger partial charge in [0.25, 0.3) is 0 Å². The van der Waals surface area contributed by atoms with Crippen LogP contribution >= 0.6 is 15.9 Å². The molecule has 1 amide bonds. The number of halogens is 1. The minimum atomic E-state index is -0.356. The standard InChI is InChI=1S/C19H17BrN2O/c1-22(13-15-7-5-14(12-21)6-8-15)18(23)19(9-10-19)16-3-2-4-17(20)11-16/h2-8,11H,9-10,13H2,1H3. The molecule has 4 heteroatoms. The second-order valence-corrected chi connectivity index (χ2v) is 6.98. The fourth-order valence-corrected chi connectivity index (χ4v) is 3.33. The maximum absolute atomic E-state index is 12.9. The van der Waals surface area contributed by atoms with E-state index in [1.807, 2.05) is 43.4 Å². The van der Waals surface area contributed by atoms with Gasteiger partial charge >= 0.3 is 0 Å². The van der Waals surface area contributed by atoms with Crippen molar-refractivity contribution in [2.45, 2.75) is 24.8 Å². The first-order valence-electron chi connectivity index (χ1n) is 7.56. The quantitative estimate of drug-likeness (QED) is 0.817. The van der Waals surface area contributed by atoms with Crippen LogP contribution in [0.4, 0.5) is 0 Å². The summed E-state index contributed by atoms with van der Waals surface area (Å²) in [4.78, 5) is 14.7. The molecule has 0 aromatic heterocycles. The van der Waals surface area contributed by atoms with Gasteiger partial charge in [-0.15, -0.1) is 0 Å². The van der Waals surface area contributed by atoms with Crippen LogP contribution in [0.2, 0.25) is 0 Å². The largest absolute Gasteiger partial charge is 0.341 e. The molecule has 1 saturated carbocycles. The number of nitrogens with zero attached hydrogens (tertiary/aromatic N) is 2. The van der Waals surface area contributed by atoms with Crippen LogP contribution in [-0.4, -0.2) is 17.9 Å². The summed E-state index contributed by atoms with van der Waals surface area (Å²) >= 11 is 3.48. The summed E-state index contributed by atoms with van der Waals surface area (Å²) < 4.78 is 1.00. The predicted molar refractivity (Wildman–Crippen MR) is 92.7 cm³/mol. The Bertz CT molecular complexity index is 773. The van der Waals surface area contributed by atoms with Crippen LogP contribution in [0.15, 0.2) is 53.0 Å². The molecule has 0 aliphatic heterocycles. The van der Waals surface area contributed by atoms with Gasteiger partial charge in [0.15, 0.2) is 0 Å². The molecular weight excluding hydrogens is 352 g/mol. The Morgan fingerprint density at radius 3 is 2.52 bits per heavy atom. The Labute approximate surface area is 144 Å². The number of hydrogen-bond donors (Lipinski definition) is 0. The Morgan fingerprint density at radius 1 is 1.26 bits per heavy atom. The zero-order valence-corrected chi connectivity index (χ0v) is 14.5. The molecule has 1 aliphatic carbocycles. The van der Waals surface area contributed by atoms with E-state index < -0.39 is 0 Å². The van der Waals surface area contributed by atoms with Crippen molar-refractivity contribution in [2.75, 3.05) is 7.05 Å². The molecule has 23 heavy (non-hydrogen) atoms. The van der Waals surface area contributed by atoms with Gasteiger partial charge in [0.1, 0.15) is 0 Å². The highest BCUT2D eigenvalue weighted by Gasteiger charge is 2.52. The summed E-state index contributed by atoms with van der Waals surface area (Å²) in [6.45, 7) is 0.556. The number of likely N-dealkylation sites (N-methyl/N-ethyl adjacent to an activating group) is 1. The lowest BCUT2D eigenvalue weighted by molar-refractivity contribution is -0.133. The summed E-state index contributed by atoms with van der Waals surface area (Å²) in [7, 11) is 1.85. The minimum Gasteiger partial charge on any atom is -0.341 e. The van der Waals surface area contributed by atoms with E-state index in [4.69, 9.17) is 5.26 Å². The average Bonchev–Trinajstić information content (AvgIpc) is 3.36. The van der Waals surface area contributed by atoms with Crippen molar-refractivity contribution >= 4 is 21.8 Å². The van der Waals surface area contributed by atoms with Crippen molar-refractivity contribution in [3.05, 3.63) is 69.7 Å². The van der Waals surface area contributed by atoms with Gasteiger partial charge in [-0.2, -0.15) is 5.26 Å². The summed E-state index contributed by atoms with van der Waals surface area (Å²) in [5, 5.41) is 8.84. The van der Waals surface area contributed by atoms with Crippen molar-refractivity contribution in [1.29, 1.82) is 5.26 Å². The van der Waals surface area contributed by atoms with E-state index in [1.165, 1.54) is 0 Å². The van der Waals surface area contributed by atoms with Gasteiger partial charge in [0, 0.05) is 18.1 Å². The number of carbonyl (C=O) groups is 1. The van der Waals surface area contributed by atoms with Crippen LogP contribution in [-0.2, 0) is 16.8 Å². The molecule has 116 valence electrons. The molecule has 1 fully saturated rings. The monoisotopic (exact) mass is 368 g/mol. The lowest BCUT2D eigenvalue weighted by Crippen LogP contribution is -2.36. The molecule has 2 aromatic rings. The van der Waals surface area contributed by atoms with Crippen LogP contribution < -0.4 is 0 Å². The fourth-order valence-electron chi connectivity index (χ4n) is 2.93. The molecule has 0 atom stereocenters. The molecule has 3 rings (SSSR count). The fraction of sp³-hybridized carbons (Fsp3) is 0.263. The third-order valence-electron chi connectivity index (χ3n) is 4.39. The number of nitriles is 1. The molecule has 3 nitrogen and oxygen atoms in total. The van der Waals surface area contributed by atoms with Crippen LogP contribution in [0.3, 0.4) is 0 Å². The highest BCUT2D eigenvalue weighted by atomic mass is 79.9. The first-order chi connectivity index (χ1) is 11.0. The second-order valence-electron chi connectivity index (χ2n) is 6.06. The van der Waals surface area contributed by atoms with Gasteiger partial charge in [0.05, 0.1) is 17.0 Å². The topological polar surface area (TPSA) is 44.1 Å². The zero-order chi connectivity index (χ0) is 16.4. The van der Waals surface area contributed by atoms with Crippen molar-refractivity contribution in [1.82, 2.24) is 4.90 Å². The van der Waals surface area contributed by atoms with E-state index in [9.17, 15) is 4.79 Å². The predicted octanol–water partition coefficient (Wildman–Crippen LogP) is 4.01. The molecule has 0 spiro atoms. The Kier molecular flexibility index (Phi) is 4.23. The number of benzene rings is 2. The molecule has 0 bridgehead atoms. The molecule has 0 radical (unpaired) electrons. The summed E-state index contributed by atoms with van der Waals surface area (Å²) in [6.07, 6.45) is 1.81. The molecule has 2 aromatic carbocycles. The number of amides is 1. The first kappa shape index (κ1) is 15.8. The van der Waals surface area contributed by atoms with Crippen molar-refractivity contribution < 1.29 is 4.79 Å².